The molecule has 0 radical (unpaired) electrons. The van der Waals surface area contributed by atoms with Crippen LogP contribution in [0.5, 0.6) is 17.2 Å². The highest BCUT2D eigenvalue weighted by molar-refractivity contribution is 6.04. The van der Waals surface area contributed by atoms with E-state index in [0.717, 1.165) is 52.7 Å². The zero-order valence-electron chi connectivity index (χ0n) is 20.3. The summed E-state index contributed by atoms with van der Waals surface area (Å²) in [6.45, 7) is 6.25. The Balaban J connectivity index is 1.39. The van der Waals surface area contributed by atoms with E-state index in [4.69, 9.17) is 14.5 Å². The van der Waals surface area contributed by atoms with Crippen molar-refractivity contribution < 1.29 is 14.3 Å². The highest BCUT2D eigenvalue weighted by Crippen LogP contribution is 2.40. The number of carbonyl (C=O) groups is 1. The number of fused-ring (bicyclic) bond motifs is 2. The molecule has 2 aliphatic heterocycles. The lowest BCUT2D eigenvalue weighted by Crippen LogP contribution is -2.58. The van der Waals surface area contributed by atoms with Gasteiger partial charge in [0.15, 0.2) is 5.75 Å². The van der Waals surface area contributed by atoms with Crippen LogP contribution in [0.1, 0.15) is 50.2 Å². The Labute approximate surface area is 201 Å². The Morgan fingerprint density at radius 1 is 1.09 bits per heavy atom. The molecule has 34 heavy (non-hydrogen) atoms. The lowest BCUT2D eigenvalue weighted by molar-refractivity contribution is 0.130. The summed E-state index contributed by atoms with van der Waals surface area (Å²) in [5, 5.41) is 3.27. The number of nitrogens with zero attached hydrogens (tertiary/aromatic N) is 3. The fourth-order valence-electron chi connectivity index (χ4n) is 5.18. The molecule has 2 aromatic rings. The van der Waals surface area contributed by atoms with Crippen molar-refractivity contribution in [3.63, 3.8) is 0 Å². The lowest BCUT2D eigenvalue weighted by Gasteiger charge is -2.41. The van der Waals surface area contributed by atoms with E-state index in [1.165, 1.54) is 19.3 Å². The average Bonchev–Trinajstić information content (AvgIpc) is 3.00. The van der Waals surface area contributed by atoms with Crippen molar-refractivity contribution in [1.82, 2.24) is 15.1 Å². The average molecular weight is 463 g/mol. The number of benzene rings is 2. The zero-order valence-corrected chi connectivity index (χ0v) is 20.3. The van der Waals surface area contributed by atoms with E-state index < -0.39 is 0 Å². The van der Waals surface area contributed by atoms with Gasteiger partial charge in [-0.1, -0.05) is 25.3 Å². The van der Waals surface area contributed by atoms with Gasteiger partial charge in [-0.25, -0.2) is 9.79 Å². The van der Waals surface area contributed by atoms with E-state index in [2.05, 4.69) is 23.2 Å². The highest BCUT2D eigenvalue weighted by Gasteiger charge is 2.32. The number of hydrogen-bond donors (Lipinski definition) is 1. The molecule has 1 saturated carbocycles. The van der Waals surface area contributed by atoms with Crippen molar-refractivity contribution in [3.05, 3.63) is 47.5 Å². The normalized spacial score (nSPS) is 20.4. The molecule has 7 nitrogen and oxygen atoms in total. The molecule has 0 unspecified atom stereocenters. The van der Waals surface area contributed by atoms with Crippen LogP contribution in [0.25, 0.3) is 0 Å². The SMILES string of the molecule is COc1ccc2c(c1)Oc1cc(C)ccc1N=C2N1CCN(C(=O)NC2CCCCC2)[C@@H](C)C1. The summed E-state index contributed by atoms with van der Waals surface area (Å²) in [5.74, 6) is 3.09. The molecule has 2 aromatic carbocycles. The Kier molecular flexibility index (Phi) is 6.35. The number of urea groups is 1. The Bertz CT molecular complexity index is 1090. The molecule has 180 valence electrons. The monoisotopic (exact) mass is 462 g/mol. The molecule has 0 aromatic heterocycles. The van der Waals surface area contributed by atoms with Crippen molar-refractivity contribution >= 4 is 17.6 Å². The maximum Gasteiger partial charge on any atom is 0.317 e. The third-order valence-electron chi connectivity index (χ3n) is 7.11. The van der Waals surface area contributed by atoms with E-state index in [9.17, 15) is 4.79 Å². The second kappa shape index (κ2) is 9.57. The molecule has 0 bridgehead atoms. The maximum absolute atomic E-state index is 13.0. The molecular weight excluding hydrogens is 428 g/mol. The number of piperazine rings is 1. The van der Waals surface area contributed by atoms with Crippen LogP contribution in [-0.4, -0.2) is 60.5 Å². The molecule has 1 aliphatic carbocycles. The van der Waals surface area contributed by atoms with Crippen LogP contribution >= 0.6 is 0 Å². The first-order valence-electron chi connectivity index (χ1n) is 12.4. The van der Waals surface area contributed by atoms with Crippen LogP contribution < -0.4 is 14.8 Å². The molecule has 0 spiro atoms. The summed E-state index contributed by atoms with van der Waals surface area (Å²) < 4.78 is 11.8. The predicted octanol–water partition coefficient (Wildman–Crippen LogP) is 5.24. The third-order valence-corrected chi connectivity index (χ3v) is 7.11. The topological polar surface area (TPSA) is 66.4 Å². The predicted molar refractivity (Wildman–Crippen MR) is 134 cm³/mol. The van der Waals surface area contributed by atoms with Gasteiger partial charge in [0.1, 0.15) is 23.0 Å². The third kappa shape index (κ3) is 4.56. The van der Waals surface area contributed by atoms with Crippen LogP contribution in [0.15, 0.2) is 41.4 Å². The molecule has 1 atom stereocenters. The van der Waals surface area contributed by atoms with Gasteiger partial charge in [-0.2, -0.15) is 0 Å². The highest BCUT2D eigenvalue weighted by atomic mass is 16.5. The number of aliphatic imine (C=N–C) groups is 1. The van der Waals surface area contributed by atoms with Gasteiger partial charge in [-0.3, -0.25) is 0 Å². The quantitative estimate of drug-likeness (QED) is 0.663. The van der Waals surface area contributed by atoms with Crippen LogP contribution in [0.4, 0.5) is 10.5 Å². The number of hydrogen-bond acceptors (Lipinski definition) is 5. The van der Waals surface area contributed by atoms with Gasteiger partial charge in [0, 0.05) is 37.8 Å². The van der Waals surface area contributed by atoms with Gasteiger partial charge in [-0.15, -0.1) is 0 Å². The molecular formula is C27H34N4O3. The van der Waals surface area contributed by atoms with Crippen molar-refractivity contribution in [2.24, 2.45) is 4.99 Å². The van der Waals surface area contributed by atoms with Gasteiger partial charge in [-0.05, 0) is 56.5 Å². The standard InChI is InChI=1S/C27H34N4O3/c1-18-9-12-23-25(15-18)34-24-16-21(33-3)10-11-22(24)26(29-23)30-13-14-31(19(2)17-30)27(32)28-20-7-5-4-6-8-20/h9-12,15-16,19-20H,4-8,13-14,17H2,1-3H3,(H,28,32)/t19-/m0/s1. The number of carbonyl (C=O) groups excluding carboxylic acids is 1. The molecule has 2 heterocycles. The van der Waals surface area contributed by atoms with E-state index >= 15 is 0 Å². The van der Waals surface area contributed by atoms with Crippen molar-refractivity contribution in [3.8, 4) is 17.2 Å². The number of nitrogens with one attached hydrogen (secondary N) is 1. The molecule has 2 fully saturated rings. The Morgan fingerprint density at radius 3 is 2.68 bits per heavy atom. The minimum absolute atomic E-state index is 0.0659. The van der Waals surface area contributed by atoms with E-state index in [0.29, 0.717) is 25.7 Å². The summed E-state index contributed by atoms with van der Waals surface area (Å²) in [6.07, 6.45) is 5.89. The first kappa shape index (κ1) is 22.6. The smallest absolute Gasteiger partial charge is 0.317 e. The van der Waals surface area contributed by atoms with Crippen LogP contribution in [0.3, 0.4) is 0 Å². The van der Waals surface area contributed by atoms with Crippen LogP contribution in [0, 0.1) is 6.92 Å². The summed E-state index contributed by atoms with van der Waals surface area (Å²) >= 11 is 0. The second-order valence-corrected chi connectivity index (χ2v) is 9.64. The largest absolute Gasteiger partial charge is 0.497 e. The van der Waals surface area contributed by atoms with Gasteiger partial charge in [0.05, 0.1) is 12.7 Å². The fraction of sp³-hybridized carbons (Fsp3) is 0.481. The number of amides is 2. The molecule has 2 amide bonds. The van der Waals surface area contributed by atoms with E-state index in [1.807, 2.05) is 42.2 Å². The number of rotatable bonds is 2. The first-order chi connectivity index (χ1) is 16.5. The minimum Gasteiger partial charge on any atom is -0.497 e. The number of methoxy groups -OCH3 is 1. The van der Waals surface area contributed by atoms with Crippen molar-refractivity contribution in [2.45, 2.75) is 58.0 Å². The summed E-state index contributed by atoms with van der Waals surface area (Å²) in [6, 6.07) is 12.4. The zero-order chi connectivity index (χ0) is 23.7. The van der Waals surface area contributed by atoms with Gasteiger partial charge < -0.3 is 24.6 Å². The van der Waals surface area contributed by atoms with Gasteiger partial charge in [0.2, 0.25) is 0 Å². The minimum atomic E-state index is 0.0659. The van der Waals surface area contributed by atoms with Gasteiger partial charge in [0.25, 0.3) is 0 Å². The summed E-state index contributed by atoms with van der Waals surface area (Å²) in [4.78, 5) is 22.3. The molecule has 7 heteroatoms. The van der Waals surface area contributed by atoms with E-state index in [1.54, 1.807) is 7.11 Å². The van der Waals surface area contributed by atoms with Crippen LogP contribution in [-0.2, 0) is 0 Å². The lowest BCUT2D eigenvalue weighted by atomic mass is 9.96. The number of amidine groups is 1. The molecule has 1 saturated heterocycles. The Morgan fingerprint density at radius 2 is 1.91 bits per heavy atom. The van der Waals surface area contributed by atoms with Crippen LogP contribution in [0.2, 0.25) is 0 Å². The summed E-state index contributed by atoms with van der Waals surface area (Å²) in [7, 11) is 1.66. The van der Waals surface area contributed by atoms with Gasteiger partial charge >= 0.3 is 6.03 Å². The van der Waals surface area contributed by atoms with Crippen molar-refractivity contribution in [2.75, 3.05) is 26.7 Å². The number of ether oxygens (including phenoxy) is 2. The molecule has 3 aliphatic rings. The Hall–Kier alpha value is -3.22. The first-order valence-corrected chi connectivity index (χ1v) is 12.4. The maximum atomic E-state index is 13.0. The molecule has 1 N–H and O–H groups in total. The van der Waals surface area contributed by atoms with E-state index in [-0.39, 0.29) is 12.1 Å². The number of aryl methyl sites for hydroxylation is 1. The fourth-order valence-corrected chi connectivity index (χ4v) is 5.18. The summed E-state index contributed by atoms with van der Waals surface area (Å²) in [5.41, 5.74) is 2.86. The second-order valence-electron chi connectivity index (χ2n) is 9.64. The van der Waals surface area contributed by atoms with Crippen molar-refractivity contribution in [1.29, 1.82) is 0 Å². The molecule has 5 rings (SSSR count).